The van der Waals surface area contributed by atoms with E-state index in [1.807, 2.05) is 24.3 Å². The lowest BCUT2D eigenvalue weighted by Gasteiger charge is -2.20. The molecule has 0 bridgehead atoms. The van der Waals surface area contributed by atoms with Gasteiger partial charge < -0.3 is 9.73 Å². The SMILES string of the molecule is CC(CCc1ccco1)N[C@@H](C)c1ccc(Cl)cc1. The molecule has 0 amide bonds. The molecule has 0 aliphatic rings. The molecule has 0 saturated carbocycles. The Balaban J connectivity index is 1.81. The third-order valence-corrected chi connectivity index (χ3v) is 3.56. The number of benzene rings is 1. The summed E-state index contributed by atoms with van der Waals surface area (Å²) in [7, 11) is 0. The summed E-state index contributed by atoms with van der Waals surface area (Å²) in [6, 6.07) is 12.7. The van der Waals surface area contributed by atoms with E-state index in [9.17, 15) is 0 Å². The van der Waals surface area contributed by atoms with Crippen molar-refractivity contribution in [3.8, 4) is 0 Å². The van der Waals surface area contributed by atoms with Crippen LogP contribution < -0.4 is 5.32 Å². The minimum Gasteiger partial charge on any atom is -0.469 e. The van der Waals surface area contributed by atoms with Crippen LogP contribution in [0.5, 0.6) is 0 Å². The average Bonchev–Trinajstić information content (AvgIpc) is 2.90. The molecule has 2 nitrogen and oxygen atoms in total. The summed E-state index contributed by atoms with van der Waals surface area (Å²) in [6.07, 6.45) is 3.75. The first kappa shape index (κ1) is 14.2. The molecule has 0 radical (unpaired) electrons. The quantitative estimate of drug-likeness (QED) is 0.834. The molecular formula is C16H20ClNO. The predicted octanol–water partition coefficient (Wildman–Crippen LogP) is 4.60. The first-order valence-corrected chi connectivity index (χ1v) is 7.07. The maximum absolute atomic E-state index is 5.90. The van der Waals surface area contributed by atoms with Gasteiger partial charge in [0.2, 0.25) is 0 Å². The summed E-state index contributed by atoms with van der Waals surface area (Å²) >= 11 is 5.90. The van der Waals surface area contributed by atoms with Gasteiger partial charge in [0, 0.05) is 23.5 Å². The van der Waals surface area contributed by atoms with Crippen LogP contribution in [0.1, 0.15) is 37.6 Å². The van der Waals surface area contributed by atoms with Gasteiger partial charge in [-0.25, -0.2) is 0 Å². The van der Waals surface area contributed by atoms with Crippen LogP contribution in [0.25, 0.3) is 0 Å². The number of hydrogen-bond donors (Lipinski definition) is 1. The molecule has 1 N–H and O–H groups in total. The van der Waals surface area contributed by atoms with E-state index in [0.717, 1.165) is 23.6 Å². The highest BCUT2D eigenvalue weighted by atomic mass is 35.5. The van der Waals surface area contributed by atoms with Crippen molar-refractivity contribution < 1.29 is 4.42 Å². The third-order valence-electron chi connectivity index (χ3n) is 3.31. The van der Waals surface area contributed by atoms with Gasteiger partial charge in [0.1, 0.15) is 5.76 Å². The van der Waals surface area contributed by atoms with Crippen LogP contribution in [0.2, 0.25) is 5.02 Å². The standard InChI is InChI=1S/C16H20ClNO/c1-12(5-10-16-4-3-11-19-16)18-13(2)14-6-8-15(17)9-7-14/h3-4,6-9,11-13,18H,5,10H2,1-2H3/t12?,13-/m0/s1. The highest BCUT2D eigenvalue weighted by Crippen LogP contribution is 2.17. The van der Waals surface area contributed by atoms with E-state index in [1.54, 1.807) is 6.26 Å². The fourth-order valence-corrected chi connectivity index (χ4v) is 2.30. The normalized spacial score (nSPS) is 14.3. The zero-order valence-electron chi connectivity index (χ0n) is 11.4. The first-order chi connectivity index (χ1) is 9.15. The number of halogens is 1. The largest absolute Gasteiger partial charge is 0.469 e. The van der Waals surface area contributed by atoms with E-state index < -0.39 is 0 Å². The molecule has 2 atom stereocenters. The van der Waals surface area contributed by atoms with Crippen LogP contribution >= 0.6 is 11.6 Å². The van der Waals surface area contributed by atoms with Gasteiger partial charge in [0.25, 0.3) is 0 Å². The second-order valence-electron chi connectivity index (χ2n) is 4.96. The average molecular weight is 278 g/mol. The lowest BCUT2D eigenvalue weighted by molar-refractivity contribution is 0.430. The van der Waals surface area contributed by atoms with Crippen molar-refractivity contribution in [2.24, 2.45) is 0 Å². The van der Waals surface area contributed by atoms with Gasteiger partial charge in [-0.2, -0.15) is 0 Å². The molecule has 1 unspecified atom stereocenters. The second-order valence-corrected chi connectivity index (χ2v) is 5.40. The third kappa shape index (κ3) is 4.41. The summed E-state index contributed by atoms with van der Waals surface area (Å²) in [5.41, 5.74) is 1.26. The molecule has 0 aliphatic carbocycles. The molecule has 0 aliphatic heterocycles. The van der Waals surface area contributed by atoms with Crippen LogP contribution in [0, 0.1) is 0 Å². The van der Waals surface area contributed by atoms with Crippen molar-refractivity contribution in [3.63, 3.8) is 0 Å². The Labute approximate surface area is 119 Å². The molecule has 2 aromatic rings. The van der Waals surface area contributed by atoms with Gasteiger partial charge >= 0.3 is 0 Å². The Morgan fingerprint density at radius 2 is 1.89 bits per heavy atom. The van der Waals surface area contributed by atoms with Crippen molar-refractivity contribution in [2.45, 2.75) is 38.8 Å². The fourth-order valence-electron chi connectivity index (χ4n) is 2.17. The van der Waals surface area contributed by atoms with E-state index in [0.29, 0.717) is 12.1 Å². The van der Waals surface area contributed by atoms with Crippen molar-refractivity contribution in [1.82, 2.24) is 5.32 Å². The lowest BCUT2D eigenvalue weighted by atomic mass is 10.1. The molecule has 1 aromatic carbocycles. The van der Waals surface area contributed by atoms with Gasteiger partial charge in [-0.1, -0.05) is 23.7 Å². The van der Waals surface area contributed by atoms with Gasteiger partial charge in [-0.15, -0.1) is 0 Å². The molecule has 0 saturated heterocycles. The predicted molar refractivity (Wildman–Crippen MR) is 79.5 cm³/mol. The second kappa shape index (κ2) is 6.78. The van der Waals surface area contributed by atoms with Crippen LogP contribution in [-0.4, -0.2) is 6.04 Å². The molecule has 3 heteroatoms. The monoisotopic (exact) mass is 277 g/mol. The smallest absolute Gasteiger partial charge is 0.103 e. The summed E-state index contributed by atoms with van der Waals surface area (Å²) < 4.78 is 5.34. The van der Waals surface area contributed by atoms with Crippen molar-refractivity contribution >= 4 is 11.6 Å². The summed E-state index contributed by atoms with van der Waals surface area (Å²) in [4.78, 5) is 0. The number of nitrogens with one attached hydrogen (secondary N) is 1. The summed E-state index contributed by atoms with van der Waals surface area (Å²) in [5, 5.41) is 4.37. The topological polar surface area (TPSA) is 25.2 Å². The summed E-state index contributed by atoms with van der Waals surface area (Å²) in [6.45, 7) is 4.38. The lowest BCUT2D eigenvalue weighted by Crippen LogP contribution is -2.29. The Morgan fingerprint density at radius 1 is 1.16 bits per heavy atom. The molecule has 1 heterocycles. The van der Waals surface area contributed by atoms with Crippen molar-refractivity contribution in [2.75, 3.05) is 0 Å². The Kier molecular flexibility index (Phi) is 5.06. The van der Waals surface area contributed by atoms with Gasteiger partial charge in [-0.3, -0.25) is 0 Å². The van der Waals surface area contributed by atoms with E-state index in [2.05, 4.69) is 31.3 Å². The van der Waals surface area contributed by atoms with Crippen LogP contribution in [0.4, 0.5) is 0 Å². The van der Waals surface area contributed by atoms with E-state index in [1.165, 1.54) is 5.56 Å². The van der Waals surface area contributed by atoms with E-state index in [4.69, 9.17) is 16.0 Å². The van der Waals surface area contributed by atoms with Crippen LogP contribution in [0.15, 0.2) is 47.1 Å². The maximum Gasteiger partial charge on any atom is 0.103 e. The number of rotatable bonds is 6. The van der Waals surface area contributed by atoms with Gasteiger partial charge in [0.15, 0.2) is 0 Å². The zero-order valence-corrected chi connectivity index (χ0v) is 12.2. The first-order valence-electron chi connectivity index (χ1n) is 6.69. The van der Waals surface area contributed by atoms with E-state index >= 15 is 0 Å². The molecule has 0 spiro atoms. The maximum atomic E-state index is 5.90. The van der Waals surface area contributed by atoms with E-state index in [-0.39, 0.29) is 0 Å². The van der Waals surface area contributed by atoms with Gasteiger partial charge in [0.05, 0.1) is 6.26 Å². The molecule has 2 rings (SSSR count). The number of furan rings is 1. The Bertz CT molecular complexity index is 478. The van der Waals surface area contributed by atoms with Crippen molar-refractivity contribution in [1.29, 1.82) is 0 Å². The zero-order chi connectivity index (χ0) is 13.7. The fraction of sp³-hybridized carbons (Fsp3) is 0.375. The summed E-state index contributed by atoms with van der Waals surface area (Å²) in [5.74, 6) is 1.05. The minimum absolute atomic E-state index is 0.323. The molecule has 1 aromatic heterocycles. The molecule has 19 heavy (non-hydrogen) atoms. The van der Waals surface area contributed by atoms with Gasteiger partial charge in [-0.05, 0) is 50.1 Å². The Morgan fingerprint density at radius 3 is 2.53 bits per heavy atom. The minimum atomic E-state index is 0.323. The van der Waals surface area contributed by atoms with Crippen molar-refractivity contribution in [3.05, 3.63) is 59.0 Å². The highest BCUT2D eigenvalue weighted by Gasteiger charge is 2.10. The molecule has 0 fully saturated rings. The molecular weight excluding hydrogens is 258 g/mol. The van der Waals surface area contributed by atoms with Crippen LogP contribution in [0.3, 0.4) is 0 Å². The van der Waals surface area contributed by atoms with Crippen LogP contribution in [-0.2, 0) is 6.42 Å². The Hall–Kier alpha value is -1.25. The molecule has 102 valence electrons. The number of hydrogen-bond acceptors (Lipinski definition) is 2. The number of aryl methyl sites for hydroxylation is 1. The highest BCUT2D eigenvalue weighted by molar-refractivity contribution is 6.30.